The van der Waals surface area contributed by atoms with E-state index in [0.29, 0.717) is 11.4 Å². The highest BCUT2D eigenvalue weighted by atomic mass is 79.9. The van der Waals surface area contributed by atoms with E-state index in [0.717, 1.165) is 14.5 Å². The van der Waals surface area contributed by atoms with Gasteiger partial charge in [0, 0.05) is 14.5 Å². The maximum Gasteiger partial charge on any atom is 0.265 e. The molecule has 0 spiro atoms. The normalized spacial score (nSPS) is 10.9. The van der Waals surface area contributed by atoms with Crippen molar-refractivity contribution in [2.24, 2.45) is 5.16 Å². The van der Waals surface area contributed by atoms with Gasteiger partial charge in [-0.3, -0.25) is 4.79 Å². The van der Waals surface area contributed by atoms with Crippen LogP contribution in [-0.2, 0) is 9.63 Å². The van der Waals surface area contributed by atoms with Gasteiger partial charge >= 0.3 is 0 Å². The van der Waals surface area contributed by atoms with Crippen LogP contribution in [0.25, 0.3) is 0 Å². The number of para-hydroxylation sites is 1. The van der Waals surface area contributed by atoms with E-state index in [1.54, 1.807) is 6.07 Å². The smallest absolute Gasteiger partial charge is 0.265 e. The molecule has 0 saturated carbocycles. The minimum Gasteiger partial charge on any atom is -0.490 e. The number of carbonyl (C=O) groups excluding carboxylic acids is 1. The van der Waals surface area contributed by atoms with Gasteiger partial charge in [0.05, 0.1) is 18.0 Å². The Hall–Kier alpha value is -1.86. The standard InChI is InChI=1S/C18H18Br2N2O3/c1-12(2)25-17-6-4-3-5-13(17)10-21-24-11-18(23)22-16-8-7-14(19)9-15(16)20/h3-10,12H,11H2,1-2H3,(H,22,23)/b21-10+. The van der Waals surface area contributed by atoms with Crippen LogP contribution in [0.15, 0.2) is 56.6 Å². The zero-order valence-corrected chi connectivity index (χ0v) is 17.0. The summed E-state index contributed by atoms with van der Waals surface area (Å²) < 4.78 is 7.38. The molecule has 0 saturated heterocycles. The van der Waals surface area contributed by atoms with Crippen LogP contribution in [0.1, 0.15) is 19.4 Å². The van der Waals surface area contributed by atoms with E-state index in [4.69, 9.17) is 9.57 Å². The monoisotopic (exact) mass is 468 g/mol. The summed E-state index contributed by atoms with van der Waals surface area (Å²) in [6.07, 6.45) is 1.59. The lowest BCUT2D eigenvalue weighted by Gasteiger charge is -2.11. The van der Waals surface area contributed by atoms with Gasteiger partial charge in [-0.05, 0) is 60.1 Å². The van der Waals surface area contributed by atoms with Crippen molar-refractivity contribution >= 4 is 49.7 Å². The maximum atomic E-state index is 11.9. The first-order valence-corrected chi connectivity index (χ1v) is 9.20. The summed E-state index contributed by atoms with van der Waals surface area (Å²) >= 11 is 6.75. The van der Waals surface area contributed by atoms with Crippen molar-refractivity contribution < 1.29 is 14.4 Å². The number of nitrogens with one attached hydrogen (secondary N) is 1. The highest BCUT2D eigenvalue weighted by molar-refractivity contribution is 9.11. The minimum atomic E-state index is -0.299. The Bertz CT molecular complexity index is 764. The van der Waals surface area contributed by atoms with Crippen LogP contribution in [-0.4, -0.2) is 24.8 Å². The van der Waals surface area contributed by atoms with Gasteiger partial charge in [-0.1, -0.05) is 33.2 Å². The molecule has 0 heterocycles. The summed E-state index contributed by atoms with van der Waals surface area (Å²) in [7, 11) is 0. The van der Waals surface area contributed by atoms with Crippen molar-refractivity contribution in [3.05, 3.63) is 57.0 Å². The third-order valence-electron chi connectivity index (χ3n) is 2.95. The number of amides is 1. The number of halogens is 2. The van der Waals surface area contributed by atoms with Gasteiger partial charge < -0.3 is 14.9 Å². The molecule has 2 aromatic carbocycles. The van der Waals surface area contributed by atoms with Crippen molar-refractivity contribution in [3.8, 4) is 5.75 Å². The zero-order valence-electron chi connectivity index (χ0n) is 13.8. The van der Waals surface area contributed by atoms with Crippen molar-refractivity contribution in [1.82, 2.24) is 0 Å². The Balaban J connectivity index is 1.88. The largest absolute Gasteiger partial charge is 0.490 e. The molecule has 132 valence electrons. The third-order valence-corrected chi connectivity index (χ3v) is 4.10. The molecule has 0 unspecified atom stereocenters. The van der Waals surface area contributed by atoms with Gasteiger partial charge in [0.15, 0.2) is 6.61 Å². The Labute approximate surface area is 163 Å². The summed E-state index contributed by atoms with van der Waals surface area (Å²) in [4.78, 5) is 17.0. The molecule has 7 heteroatoms. The highest BCUT2D eigenvalue weighted by Crippen LogP contribution is 2.26. The SMILES string of the molecule is CC(C)Oc1ccccc1/C=N/OCC(=O)Nc1ccc(Br)cc1Br. The number of oxime groups is 1. The molecule has 0 aliphatic rings. The summed E-state index contributed by atoms with van der Waals surface area (Å²) in [5.74, 6) is 0.417. The van der Waals surface area contributed by atoms with E-state index in [-0.39, 0.29) is 18.6 Å². The number of ether oxygens (including phenoxy) is 1. The fourth-order valence-electron chi connectivity index (χ4n) is 1.92. The second kappa shape index (κ2) is 9.58. The topological polar surface area (TPSA) is 59.9 Å². The molecule has 0 radical (unpaired) electrons. The number of nitrogens with zero attached hydrogens (tertiary/aromatic N) is 1. The third kappa shape index (κ3) is 6.51. The summed E-state index contributed by atoms with van der Waals surface area (Å²) in [5.41, 5.74) is 1.45. The predicted molar refractivity (Wildman–Crippen MR) is 106 cm³/mol. The molecule has 25 heavy (non-hydrogen) atoms. The van der Waals surface area contributed by atoms with Gasteiger partial charge in [-0.2, -0.15) is 0 Å². The Morgan fingerprint density at radius 3 is 2.72 bits per heavy atom. The Morgan fingerprint density at radius 2 is 2.00 bits per heavy atom. The van der Waals surface area contributed by atoms with Gasteiger partial charge in [-0.15, -0.1) is 0 Å². The number of rotatable bonds is 7. The van der Waals surface area contributed by atoms with Gasteiger partial charge in [0.2, 0.25) is 0 Å². The van der Waals surface area contributed by atoms with Crippen LogP contribution in [0.4, 0.5) is 5.69 Å². The quantitative estimate of drug-likeness (QED) is 0.459. The number of carbonyl (C=O) groups is 1. The molecule has 5 nitrogen and oxygen atoms in total. The number of hydrogen-bond acceptors (Lipinski definition) is 4. The molecule has 2 rings (SSSR count). The molecule has 0 bridgehead atoms. The molecular weight excluding hydrogens is 452 g/mol. The van der Waals surface area contributed by atoms with Crippen LogP contribution in [0.5, 0.6) is 5.75 Å². The van der Waals surface area contributed by atoms with Gasteiger partial charge in [-0.25, -0.2) is 0 Å². The Morgan fingerprint density at radius 1 is 1.24 bits per heavy atom. The summed E-state index contributed by atoms with van der Waals surface area (Å²) in [6.45, 7) is 3.72. The van der Waals surface area contributed by atoms with E-state index < -0.39 is 0 Å². The molecule has 0 atom stereocenters. The molecule has 0 aliphatic carbocycles. The highest BCUT2D eigenvalue weighted by Gasteiger charge is 2.07. The van der Waals surface area contributed by atoms with E-state index in [2.05, 4.69) is 42.3 Å². The van der Waals surface area contributed by atoms with Crippen molar-refractivity contribution in [2.75, 3.05) is 11.9 Å². The van der Waals surface area contributed by atoms with Crippen molar-refractivity contribution in [1.29, 1.82) is 0 Å². The summed E-state index contributed by atoms with van der Waals surface area (Å²) in [5, 5.41) is 6.59. The molecular formula is C18H18Br2N2O3. The minimum absolute atomic E-state index is 0.0607. The summed E-state index contributed by atoms with van der Waals surface area (Å²) in [6, 6.07) is 13.0. The van der Waals surface area contributed by atoms with Gasteiger partial charge in [0.1, 0.15) is 5.75 Å². The fourth-order valence-corrected chi connectivity index (χ4v) is 3.06. The van der Waals surface area contributed by atoms with Crippen LogP contribution >= 0.6 is 31.9 Å². The van der Waals surface area contributed by atoms with Gasteiger partial charge in [0.25, 0.3) is 5.91 Å². The second-order valence-corrected chi connectivity index (χ2v) is 7.15. The number of benzene rings is 2. The van der Waals surface area contributed by atoms with E-state index >= 15 is 0 Å². The van der Waals surface area contributed by atoms with Crippen molar-refractivity contribution in [2.45, 2.75) is 20.0 Å². The van der Waals surface area contributed by atoms with Crippen LogP contribution < -0.4 is 10.1 Å². The average Bonchev–Trinajstić information content (AvgIpc) is 2.55. The molecule has 0 aromatic heterocycles. The number of hydrogen-bond donors (Lipinski definition) is 1. The van der Waals surface area contributed by atoms with Crippen molar-refractivity contribution in [3.63, 3.8) is 0 Å². The first-order valence-electron chi connectivity index (χ1n) is 7.61. The first-order chi connectivity index (χ1) is 12.0. The Kier molecular flexibility index (Phi) is 7.46. The number of anilines is 1. The molecule has 0 aliphatic heterocycles. The maximum absolute atomic E-state index is 11.9. The average molecular weight is 470 g/mol. The first kappa shape index (κ1) is 19.5. The van der Waals surface area contributed by atoms with E-state index in [1.165, 1.54) is 6.21 Å². The molecule has 1 amide bonds. The molecule has 1 N–H and O–H groups in total. The van der Waals surface area contributed by atoms with E-state index in [9.17, 15) is 4.79 Å². The molecule has 0 fully saturated rings. The zero-order chi connectivity index (χ0) is 18.2. The molecule has 2 aromatic rings. The van der Waals surface area contributed by atoms with E-state index in [1.807, 2.05) is 50.2 Å². The lowest BCUT2D eigenvalue weighted by molar-refractivity contribution is -0.120. The van der Waals surface area contributed by atoms with Crippen LogP contribution in [0.2, 0.25) is 0 Å². The van der Waals surface area contributed by atoms with Crippen LogP contribution in [0, 0.1) is 0 Å². The second-order valence-electron chi connectivity index (χ2n) is 5.38. The lowest BCUT2D eigenvalue weighted by atomic mass is 10.2. The lowest BCUT2D eigenvalue weighted by Crippen LogP contribution is -2.17. The predicted octanol–water partition coefficient (Wildman–Crippen LogP) is 4.99. The fraction of sp³-hybridized carbons (Fsp3) is 0.222. The van der Waals surface area contributed by atoms with Crippen LogP contribution in [0.3, 0.4) is 0 Å².